The molecule has 0 unspecified atom stereocenters. The molecule has 0 radical (unpaired) electrons. The van der Waals surface area contributed by atoms with Crippen LogP contribution < -0.4 is 14.4 Å². The molecule has 1 aliphatic rings. The number of nitrogens with zero attached hydrogens (tertiary/aromatic N) is 4. The van der Waals surface area contributed by atoms with Crippen LogP contribution in [0.1, 0.15) is 33.1 Å². The highest BCUT2D eigenvalue weighted by Crippen LogP contribution is 2.29. The number of aromatic nitrogens is 1. The van der Waals surface area contributed by atoms with Crippen molar-refractivity contribution >= 4 is 23.9 Å². The van der Waals surface area contributed by atoms with Crippen molar-refractivity contribution in [2.24, 2.45) is 0 Å². The lowest BCUT2D eigenvalue weighted by molar-refractivity contribution is 0.0745. The van der Waals surface area contributed by atoms with Crippen LogP contribution >= 0.6 is 0 Å². The molecule has 2 heterocycles. The Balaban J connectivity index is 1.44. The van der Waals surface area contributed by atoms with Gasteiger partial charge in [0.2, 0.25) is 17.5 Å². The Hall–Kier alpha value is -4.25. The second kappa shape index (κ2) is 10.1. The zero-order valence-corrected chi connectivity index (χ0v) is 19.4. The van der Waals surface area contributed by atoms with Gasteiger partial charge in [0.25, 0.3) is 5.91 Å². The molecular formula is C26H26N4O4. The molecule has 0 spiro atoms. The number of methoxy groups -OCH3 is 2. The quantitative estimate of drug-likeness (QED) is 0.551. The first-order valence-corrected chi connectivity index (χ1v) is 10.9. The molecule has 1 amide bonds. The van der Waals surface area contributed by atoms with E-state index in [2.05, 4.69) is 11.1 Å². The van der Waals surface area contributed by atoms with Gasteiger partial charge in [-0.25, -0.2) is 0 Å². The lowest BCUT2D eigenvalue weighted by atomic mass is 10.1. The number of rotatable bonds is 6. The van der Waals surface area contributed by atoms with E-state index in [1.165, 1.54) is 0 Å². The van der Waals surface area contributed by atoms with Crippen LogP contribution in [0.3, 0.4) is 0 Å². The summed E-state index contributed by atoms with van der Waals surface area (Å²) in [5.41, 5.74) is 2.90. The fourth-order valence-electron chi connectivity index (χ4n) is 3.80. The van der Waals surface area contributed by atoms with Gasteiger partial charge in [-0.1, -0.05) is 23.8 Å². The Bertz CT molecular complexity index is 1230. The second-order valence-corrected chi connectivity index (χ2v) is 7.91. The third kappa shape index (κ3) is 4.89. The number of ether oxygens (including phenoxy) is 2. The monoisotopic (exact) mass is 458 g/mol. The van der Waals surface area contributed by atoms with Gasteiger partial charge in [-0.15, -0.1) is 0 Å². The highest BCUT2D eigenvalue weighted by Gasteiger charge is 2.26. The van der Waals surface area contributed by atoms with Crippen molar-refractivity contribution in [3.8, 4) is 17.6 Å². The van der Waals surface area contributed by atoms with Gasteiger partial charge in [0.15, 0.2) is 11.5 Å². The lowest BCUT2D eigenvalue weighted by Crippen LogP contribution is -2.48. The van der Waals surface area contributed by atoms with Gasteiger partial charge in [0.1, 0.15) is 6.07 Å². The van der Waals surface area contributed by atoms with Crippen LogP contribution in [-0.2, 0) is 0 Å². The number of carbonyl (C=O) groups is 1. The number of nitriles is 1. The zero-order valence-electron chi connectivity index (χ0n) is 19.4. The molecule has 3 aromatic rings. The first kappa shape index (κ1) is 22.9. The van der Waals surface area contributed by atoms with Crippen LogP contribution in [0, 0.1) is 18.3 Å². The van der Waals surface area contributed by atoms with E-state index in [0.29, 0.717) is 55.0 Å². The number of anilines is 1. The molecule has 174 valence electrons. The van der Waals surface area contributed by atoms with Gasteiger partial charge in [-0.05, 0) is 42.8 Å². The van der Waals surface area contributed by atoms with Crippen molar-refractivity contribution in [1.29, 1.82) is 5.26 Å². The van der Waals surface area contributed by atoms with E-state index in [0.717, 1.165) is 11.1 Å². The van der Waals surface area contributed by atoms with Crippen molar-refractivity contribution in [3.63, 3.8) is 0 Å². The summed E-state index contributed by atoms with van der Waals surface area (Å²) >= 11 is 0. The van der Waals surface area contributed by atoms with Crippen LogP contribution in [0.25, 0.3) is 12.2 Å². The Morgan fingerprint density at radius 2 is 1.74 bits per heavy atom. The SMILES string of the molecule is COc1ccc(/C=C/c2nc(C#N)c(N3CCN(C(=O)c4ccc(C)cc4)CC3)o2)cc1OC. The number of oxazole rings is 1. The molecule has 34 heavy (non-hydrogen) atoms. The number of amides is 1. The molecular weight excluding hydrogens is 432 g/mol. The van der Waals surface area contributed by atoms with Crippen molar-refractivity contribution in [1.82, 2.24) is 9.88 Å². The molecule has 0 N–H and O–H groups in total. The maximum absolute atomic E-state index is 12.8. The molecule has 8 nitrogen and oxygen atoms in total. The fraction of sp³-hybridized carbons (Fsp3) is 0.269. The summed E-state index contributed by atoms with van der Waals surface area (Å²) < 4.78 is 16.5. The summed E-state index contributed by atoms with van der Waals surface area (Å²) in [6.07, 6.45) is 3.54. The largest absolute Gasteiger partial charge is 0.493 e. The van der Waals surface area contributed by atoms with Crippen molar-refractivity contribution in [2.75, 3.05) is 45.3 Å². The van der Waals surface area contributed by atoms with Gasteiger partial charge in [-0.3, -0.25) is 4.79 Å². The minimum atomic E-state index is 0.0104. The Labute approximate surface area is 198 Å². The summed E-state index contributed by atoms with van der Waals surface area (Å²) in [6, 6.07) is 15.2. The van der Waals surface area contributed by atoms with Gasteiger partial charge >= 0.3 is 0 Å². The standard InChI is InChI=1S/C26H26N4O4/c1-18-4-8-20(9-5-18)25(31)29-12-14-30(15-13-29)26-21(17-27)28-24(34-26)11-7-19-6-10-22(32-2)23(16-19)33-3/h4-11,16H,12-15H2,1-3H3/b11-7+. The fourth-order valence-corrected chi connectivity index (χ4v) is 3.80. The van der Waals surface area contributed by atoms with Crippen molar-refractivity contribution in [3.05, 3.63) is 70.7 Å². The Kier molecular flexibility index (Phi) is 6.83. The number of benzene rings is 2. The minimum Gasteiger partial charge on any atom is -0.493 e. The summed E-state index contributed by atoms with van der Waals surface area (Å²) in [5, 5.41) is 9.57. The van der Waals surface area contributed by atoms with E-state index in [1.807, 2.05) is 65.3 Å². The topological polar surface area (TPSA) is 91.8 Å². The average Bonchev–Trinajstić information content (AvgIpc) is 3.30. The number of carbonyl (C=O) groups excluding carboxylic acids is 1. The van der Waals surface area contributed by atoms with E-state index >= 15 is 0 Å². The van der Waals surface area contributed by atoms with Crippen LogP contribution in [0.4, 0.5) is 5.88 Å². The number of piperazine rings is 1. The lowest BCUT2D eigenvalue weighted by Gasteiger charge is -2.34. The third-order valence-corrected chi connectivity index (χ3v) is 5.71. The van der Waals surface area contributed by atoms with Crippen LogP contribution in [0.15, 0.2) is 46.9 Å². The van der Waals surface area contributed by atoms with Gasteiger partial charge < -0.3 is 23.7 Å². The summed E-state index contributed by atoms with van der Waals surface area (Å²) in [5.74, 6) is 2.03. The Morgan fingerprint density at radius 1 is 1.03 bits per heavy atom. The number of hydrogen-bond acceptors (Lipinski definition) is 7. The number of aryl methyl sites for hydroxylation is 1. The normalized spacial score (nSPS) is 13.7. The predicted octanol–water partition coefficient (Wildman–Crippen LogP) is 4.00. The maximum Gasteiger partial charge on any atom is 0.253 e. The summed E-state index contributed by atoms with van der Waals surface area (Å²) in [7, 11) is 3.17. The first-order valence-electron chi connectivity index (χ1n) is 10.9. The van der Waals surface area contributed by atoms with Crippen LogP contribution in [-0.4, -0.2) is 56.2 Å². The molecule has 1 aliphatic heterocycles. The molecule has 4 rings (SSSR count). The summed E-state index contributed by atoms with van der Waals surface area (Å²) in [6.45, 7) is 4.18. The van der Waals surface area contributed by atoms with E-state index in [-0.39, 0.29) is 11.6 Å². The minimum absolute atomic E-state index is 0.0104. The molecule has 0 aliphatic carbocycles. The molecule has 8 heteroatoms. The molecule has 1 fully saturated rings. The van der Waals surface area contributed by atoms with Gasteiger partial charge in [0, 0.05) is 37.8 Å². The third-order valence-electron chi connectivity index (χ3n) is 5.71. The average molecular weight is 459 g/mol. The summed E-state index contributed by atoms with van der Waals surface area (Å²) in [4.78, 5) is 20.9. The smallest absolute Gasteiger partial charge is 0.253 e. The highest BCUT2D eigenvalue weighted by atomic mass is 16.5. The molecule has 0 atom stereocenters. The number of hydrogen-bond donors (Lipinski definition) is 0. The van der Waals surface area contributed by atoms with E-state index in [1.54, 1.807) is 20.3 Å². The van der Waals surface area contributed by atoms with E-state index in [4.69, 9.17) is 13.9 Å². The zero-order chi connectivity index (χ0) is 24.1. The van der Waals surface area contributed by atoms with Gasteiger partial charge in [0.05, 0.1) is 14.2 Å². The predicted molar refractivity (Wildman–Crippen MR) is 129 cm³/mol. The van der Waals surface area contributed by atoms with Gasteiger partial charge in [-0.2, -0.15) is 10.2 Å². The van der Waals surface area contributed by atoms with E-state index in [9.17, 15) is 10.1 Å². The molecule has 0 bridgehead atoms. The van der Waals surface area contributed by atoms with Crippen molar-refractivity contribution in [2.45, 2.75) is 6.92 Å². The molecule has 2 aromatic carbocycles. The Morgan fingerprint density at radius 3 is 2.38 bits per heavy atom. The maximum atomic E-state index is 12.8. The molecule has 1 aromatic heterocycles. The van der Waals surface area contributed by atoms with Crippen molar-refractivity contribution < 1.29 is 18.7 Å². The second-order valence-electron chi connectivity index (χ2n) is 7.91. The van der Waals surface area contributed by atoms with Crippen LogP contribution in [0.5, 0.6) is 11.5 Å². The first-order chi connectivity index (χ1) is 16.5. The molecule has 1 saturated heterocycles. The molecule has 0 saturated carbocycles. The van der Waals surface area contributed by atoms with E-state index < -0.39 is 0 Å². The van der Waals surface area contributed by atoms with Crippen LogP contribution in [0.2, 0.25) is 0 Å². The highest BCUT2D eigenvalue weighted by molar-refractivity contribution is 5.94.